The first kappa shape index (κ1) is 25.9. The summed E-state index contributed by atoms with van der Waals surface area (Å²) in [6, 6.07) is 10.9. The second-order valence-electron chi connectivity index (χ2n) is 9.94. The summed E-state index contributed by atoms with van der Waals surface area (Å²) in [6.07, 6.45) is 7.55. The molecule has 0 spiro atoms. The summed E-state index contributed by atoms with van der Waals surface area (Å²) in [5, 5.41) is 24.1. The molecular formula is C27H40N6O2. The van der Waals surface area contributed by atoms with Crippen molar-refractivity contribution in [3.8, 4) is 0 Å². The smallest absolute Gasteiger partial charge is 0.155 e. The third kappa shape index (κ3) is 7.38. The molecule has 0 bridgehead atoms. The van der Waals surface area contributed by atoms with E-state index >= 15 is 0 Å². The van der Waals surface area contributed by atoms with E-state index in [1.165, 1.54) is 30.3 Å². The average Bonchev–Trinajstić information content (AvgIpc) is 2.90. The Morgan fingerprint density at radius 2 is 1.94 bits per heavy atom. The van der Waals surface area contributed by atoms with E-state index < -0.39 is 12.3 Å². The number of β-amino-alcohol motifs (C(OH)–C–C–N with tert-alkyl or cyclic N) is 1. The predicted octanol–water partition coefficient (Wildman–Crippen LogP) is 2.69. The molecule has 1 saturated carbocycles. The molecule has 2 atom stereocenters. The molecule has 4 rings (SSSR count). The zero-order valence-electron chi connectivity index (χ0n) is 21.1. The van der Waals surface area contributed by atoms with Crippen molar-refractivity contribution in [3.63, 3.8) is 0 Å². The minimum atomic E-state index is -0.983. The van der Waals surface area contributed by atoms with E-state index in [0.29, 0.717) is 30.0 Å². The molecule has 3 N–H and O–H groups in total. The highest BCUT2D eigenvalue weighted by atomic mass is 16.3. The van der Waals surface area contributed by atoms with Crippen molar-refractivity contribution in [2.75, 3.05) is 33.2 Å². The number of aromatic nitrogens is 2. The Bertz CT molecular complexity index is 962. The van der Waals surface area contributed by atoms with Crippen molar-refractivity contribution in [1.82, 2.24) is 25.1 Å². The van der Waals surface area contributed by atoms with Crippen molar-refractivity contribution in [2.45, 2.75) is 63.9 Å². The normalized spacial score (nSPS) is 22.9. The molecule has 1 fully saturated rings. The van der Waals surface area contributed by atoms with E-state index in [4.69, 9.17) is 0 Å². The fourth-order valence-corrected chi connectivity index (χ4v) is 5.14. The summed E-state index contributed by atoms with van der Waals surface area (Å²) in [5.41, 5.74) is 3.18. The molecule has 1 unspecified atom stereocenters. The van der Waals surface area contributed by atoms with Gasteiger partial charge in [-0.25, -0.2) is 15.0 Å². The lowest BCUT2D eigenvalue weighted by molar-refractivity contribution is 0.0730. The first-order valence-corrected chi connectivity index (χ1v) is 13.0. The quantitative estimate of drug-likeness (QED) is 0.355. The van der Waals surface area contributed by atoms with Crippen LogP contribution in [0.1, 0.15) is 55.7 Å². The van der Waals surface area contributed by atoms with Crippen molar-refractivity contribution in [1.29, 1.82) is 0 Å². The number of aliphatic imine (C=N–C) groups is 1. The van der Waals surface area contributed by atoms with E-state index in [2.05, 4.69) is 68.3 Å². The third-order valence-corrected chi connectivity index (χ3v) is 7.46. The molecule has 8 nitrogen and oxygen atoms in total. The van der Waals surface area contributed by atoms with E-state index in [-0.39, 0.29) is 6.54 Å². The van der Waals surface area contributed by atoms with Gasteiger partial charge in [0.15, 0.2) is 5.82 Å². The number of benzene rings is 1. The van der Waals surface area contributed by atoms with Gasteiger partial charge in [-0.3, -0.25) is 10.2 Å². The largest absolute Gasteiger partial charge is 0.390 e. The number of aliphatic hydroxyl groups is 2. The SMILES string of the molecule is CCN(C)C1CCC(C=Nc2cc(C(O)NC[C@H](O)CN3CCc4ccccc4C3)ncn2)CC1. The maximum absolute atomic E-state index is 10.6. The predicted molar refractivity (Wildman–Crippen MR) is 139 cm³/mol. The second-order valence-corrected chi connectivity index (χ2v) is 9.94. The van der Waals surface area contributed by atoms with Crippen molar-refractivity contribution in [2.24, 2.45) is 10.9 Å². The fourth-order valence-electron chi connectivity index (χ4n) is 5.14. The van der Waals surface area contributed by atoms with Crippen LogP contribution in [0.2, 0.25) is 0 Å². The van der Waals surface area contributed by atoms with Crippen LogP contribution in [-0.2, 0) is 13.0 Å². The molecule has 0 radical (unpaired) electrons. The Balaban J connectivity index is 1.22. The van der Waals surface area contributed by atoms with Crippen molar-refractivity contribution < 1.29 is 10.2 Å². The second kappa shape index (κ2) is 12.6. The van der Waals surface area contributed by atoms with Gasteiger partial charge in [0.25, 0.3) is 0 Å². The summed E-state index contributed by atoms with van der Waals surface area (Å²) < 4.78 is 0. The van der Waals surface area contributed by atoms with Gasteiger partial charge in [0.1, 0.15) is 12.6 Å². The summed E-state index contributed by atoms with van der Waals surface area (Å²) in [5.74, 6) is 1.02. The number of nitrogens with zero attached hydrogens (tertiary/aromatic N) is 5. The Morgan fingerprint density at radius 3 is 2.71 bits per heavy atom. The number of aliphatic hydroxyl groups excluding tert-OH is 2. The van der Waals surface area contributed by atoms with Crippen molar-refractivity contribution in [3.05, 3.63) is 53.5 Å². The minimum absolute atomic E-state index is 0.275. The fraction of sp³-hybridized carbons (Fsp3) is 0.593. The van der Waals surface area contributed by atoms with E-state index in [1.54, 1.807) is 6.07 Å². The standard InChI is InChI=1S/C27H40N6O2/c1-3-32(2)23-10-8-20(9-11-23)15-28-26-14-25(30-19-31-26)27(35)29-16-24(34)18-33-13-12-21-6-4-5-7-22(21)17-33/h4-7,14-15,19-20,23-24,27,29,34-35H,3,8-13,16-18H2,1-2H3/t20?,23?,24-,27?/m0/s1. The van der Waals surface area contributed by atoms with Crippen LogP contribution in [0.25, 0.3) is 0 Å². The Morgan fingerprint density at radius 1 is 1.17 bits per heavy atom. The lowest BCUT2D eigenvalue weighted by atomic mass is 9.86. The molecule has 1 aromatic carbocycles. The number of hydrogen-bond donors (Lipinski definition) is 3. The number of hydrogen-bond acceptors (Lipinski definition) is 8. The van der Waals surface area contributed by atoms with Gasteiger partial charge in [-0.05, 0) is 62.7 Å². The van der Waals surface area contributed by atoms with E-state index in [1.807, 2.05) is 6.21 Å². The van der Waals surface area contributed by atoms with Gasteiger partial charge in [0.05, 0.1) is 11.8 Å². The molecule has 2 aromatic rings. The monoisotopic (exact) mass is 480 g/mol. The maximum atomic E-state index is 10.6. The van der Waals surface area contributed by atoms with Gasteiger partial charge >= 0.3 is 0 Å². The van der Waals surface area contributed by atoms with Crippen LogP contribution in [0.4, 0.5) is 5.82 Å². The van der Waals surface area contributed by atoms with E-state index in [0.717, 1.165) is 38.9 Å². The third-order valence-electron chi connectivity index (χ3n) is 7.46. The van der Waals surface area contributed by atoms with Gasteiger partial charge in [-0.1, -0.05) is 31.2 Å². The molecule has 35 heavy (non-hydrogen) atoms. The average molecular weight is 481 g/mol. The number of nitrogens with one attached hydrogen (secondary N) is 1. The van der Waals surface area contributed by atoms with Gasteiger partial charge in [0, 0.05) is 44.5 Å². The highest BCUT2D eigenvalue weighted by molar-refractivity contribution is 5.64. The highest BCUT2D eigenvalue weighted by Gasteiger charge is 2.22. The summed E-state index contributed by atoms with van der Waals surface area (Å²) in [7, 11) is 2.20. The molecule has 2 aliphatic rings. The first-order chi connectivity index (χ1) is 17.0. The maximum Gasteiger partial charge on any atom is 0.155 e. The summed E-state index contributed by atoms with van der Waals surface area (Å²) >= 11 is 0. The molecule has 0 amide bonds. The van der Waals surface area contributed by atoms with Crippen LogP contribution < -0.4 is 5.32 Å². The van der Waals surface area contributed by atoms with Crippen LogP contribution in [0.15, 0.2) is 41.7 Å². The molecule has 1 aliphatic carbocycles. The molecule has 0 saturated heterocycles. The zero-order valence-corrected chi connectivity index (χ0v) is 21.1. The molecular weight excluding hydrogens is 440 g/mol. The van der Waals surface area contributed by atoms with Crippen LogP contribution in [0.3, 0.4) is 0 Å². The Labute approximate surface area is 209 Å². The molecule has 190 valence electrons. The number of rotatable bonds is 10. The Kier molecular flexibility index (Phi) is 9.34. The first-order valence-electron chi connectivity index (χ1n) is 13.0. The molecule has 1 aromatic heterocycles. The van der Waals surface area contributed by atoms with Crippen LogP contribution in [0, 0.1) is 5.92 Å². The zero-order chi connectivity index (χ0) is 24.6. The highest BCUT2D eigenvalue weighted by Crippen LogP contribution is 2.26. The topological polar surface area (TPSA) is 97.1 Å². The van der Waals surface area contributed by atoms with Gasteiger partial charge in [0.2, 0.25) is 0 Å². The summed E-state index contributed by atoms with van der Waals surface area (Å²) in [4.78, 5) is 17.7. The van der Waals surface area contributed by atoms with Crippen LogP contribution >= 0.6 is 0 Å². The molecule has 8 heteroatoms. The molecule has 1 aliphatic heterocycles. The Hall–Kier alpha value is -2.23. The lowest BCUT2D eigenvalue weighted by Crippen LogP contribution is -2.41. The van der Waals surface area contributed by atoms with Gasteiger partial charge in [-0.15, -0.1) is 0 Å². The van der Waals surface area contributed by atoms with Crippen molar-refractivity contribution >= 4 is 12.0 Å². The lowest BCUT2D eigenvalue weighted by Gasteiger charge is -2.32. The molecule has 2 heterocycles. The summed E-state index contributed by atoms with van der Waals surface area (Å²) in [6.45, 7) is 5.91. The van der Waals surface area contributed by atoms with Crippen LogP contribution in [-0.4, -0.2) is 81.6 Å². The van der Waals surface area contributed by atoms with Gasteiger partial charge in [-0.2, -0.15) is 0 Å². The minimum Gasteiger partial charge on any atom is -0.390 e. The van der Waals surface area contributed by atoms with Crippen LogP contribution in [0.5, 0.6) is 0 Å². The van der Waals surface area contributed by atoms with E-state index in [9.17, 15) is 10.2 Å². The number of fused-ring (bicyclic) bond motifs is 1. The van der Waals surface area contributed by atoms with Gasteiger partial charge < -0.3 is 15.1 Å².